The van der Waals surface area contributed by atoms with E-state index in [1.807, 2.05) is 20.0 Å². The van der Waals surface area contributed by atoms with Crippen LogP contribution >= 0.6 is 11.6 Å². The SMILES string of the molecule is CC=C1CC2CC(C#N)CC(C1)N2C(=O)C(C)(C)c1c[nH]c2ncc(OC)c(Cl)c12. The van der Waals surface area contributed by atoms with Gasteiger partial charge in [-0.1, -0.05) is 23.3 Å². The van der Waals surface area contributed by atoms with Crippen LogP contribution in [0.2, 0.25) is 5.02 Å². The number of piperidine rings is 2. The lowest BCUT2D eigenvalue weighted by molar-refractivity contribution is -0.145. The van der Waals surface area contributed by atoms with Gasteiger partial charge in [-0.3, -0.25) is 4.79 Å². The first-order valence-corrected chi connectivity index (χ1v) is 10.8. The first-order valence-electron chi connectivity index (χ1n) is 10.4. The number of pyridine rings is 1. The third kappa shape index (κ3) is 3.16. The maximum atomic E-state index is 13.9. The normalized spacial score (nSPS) is 23.9. The van der Waals surface area contributed by atoms with E-state index in [0.717, 1.165) is 36.6 Å². The number of fused-ring (bicyclic) bond motifs is 3. The van der Waals surface area contributed by atoms with Crippen LogP contribution in [0.15, 0.2) is 24.0 Å². The van der Waals surface area contributed by atoms with Gasteiger partial charge in [0, 0.05) is 23.7 Å². The van der Waals surface area contributed by atoms with Crippen LogP contribution in [0.25, 0.3) is 11.0 Å². The molecule has 2 atom stereocenters. The molecule has 158 valence electrons. The van der Waals surface area contributed by atoms with Gasteiger partial charge in [0.1, 0.15) is 5.65 Å². The summed E-state index contributed by atoms with van der Waals surface area (Å²) >= 11 is 6.60. The van der Waals surface area contributed by atoms with Gasteiger partial charge in [0.2, 0.25) is 5.91 Å². The zero-order valence-corrected chi connectivity index (χ0v) is 18.6. The number of methoxy groups -OCH3 is 1. The molecule has 2 aromatic rings. The summed E-state index contributed by atoms with van der Waals surface area (Å²) < 4.78 is 5.34. The van der Waals surface area contributed by atoms with Crippen LogP contribution in [-0.2, 0) is 10.2 Å². The van der Waals surface area contributed by atoms with Crippen molar-refractivity contribution in [3.63, 3.8) is 0 Å². The molecule has 4 heterocycles. The smallest absolute Gasteiger partial charge is 0.233 e. The molecule has 0 radical (unpaired) electrons. The summed E-state index contributed by atoms with van der Waals surface area (Å²) in [6.45, 7) is 5.94. The number of nitriles is 1. The molecule has 2 saturated heterocycles. The molecule has 0 saturated carbocycles. The second kappa shape index (κ2) is 7.63. The lowest BCUT2D eigenvalue weighted by Crippen LogP contribution is -2.59. The Morgan fingerprint density at radius 1 is 1.40 bits per heavy atom. The molecule has 30 heavy (non-hydrogen) atoms. The molecule has 2 fully saturated rings. The lowest BCUT2D eigenvalue weighted by Gasteiger charge is -2.50. The molecule has 2 aliphatic rings. The number of rotatable bonds is 3. The van der Waals surface area contributed by atoms with Crippen molar-refractivity contribution in [3.05, 3.63) is 34.6 Å². The van der Waals surface area contributed by atoms with Crippen molar-refractivity contribution in [1.29, 1.82) is 5.26 Å². The fourth-order valence-corrected chi connectivity index (χ4v) is 5.43. The van der Waals surface area contributed by atoms with Crippen LogP contribution in [0.5, 0.6) is 5.75 Å². The van der Waals surface area contributed by atoms with E-state index in [4.69, 9.17) is 16.3 Å². The van der Waals surface area contributed by atoms with Crippen molar-refractivity contribution >= 4 is 28.5 Å². The number of halogens is 1. The Hall–Kier alpha value is -2.52. The van der Waals surface area contributed by atoms with E-state index >= 15 is 0 Å². The van der Waals surface area contributed by atoms with E-state index in [2.05, 4.69) is 33.9 Å². The minimum Gasteiger partial charge on any atom is -0.494 e. The van der Waals surface area contributed by atoms with Crippen LogP contribution in [0.1, 0.15) is 52.0 Å². The highest BCUT2D eigenvalue weighted by atomic mass is 35.5. The Balaban J connectivity index is 1.74. The van der Waals surface area contributed by atoms with Crippen molar-refractivity contribution < 1.29 is 9.53 Å². The zero-order valence-electron chi connectivity index (χ0n) is 17.8. The van der Waals surface area contributed by atoms with Crippen molar-refractivity contribution in [2.24, 2.45) is 5.92 Å². The number of nitrogens with zero attached hydrogens (tertiary/aromatic N) is 3. The molecule has 2 aliphatic heterocycles. The first kappa shape index (κ1) is 20.7. The number of amides is 1. The minimum atomic E-state index is -0.806. The fourth-order valence-electron chi connectivity index (χ4n) is 5.12. The van der Waals surface area contributed by atoms with Gasteiger partial charge < -0.3 is 14.6 Å². The number of hydrogen-bond donors (Lipinski definition) is 1. The van der Waals surface area contributed by atoms with E-state index in [1.54, 1.807) is 13.3 Å². The van der Waals surface area contributed by atoms with Crippen LogP contribution in [0.3, 0.4) is 0 Å². The summed E-state index contributed by atoms with van der Waals surface area (Å²) in [4.78, 5) is 23.5. The Bertz CT molecular complexity index is 1050. The lowest BCUT2D eigenvalue weighted by atomic mass is 9.74. The Morgan fingerprint density at radius 2 is 2.07 bits per heavy atom. The molecular formula is C23H27ClN4O2. The quantitative estimate of drug-likeness (QED) is 0.718. The molecule has 6 nitrogen and oxygen atoms in total. The molecule has 0 aliphatic carbocycles. The average molecular weight is 427 g/mol. The minimum absolute atomic E-state index is 0.0153. The predicted molar refractivity (Wildman–Crippen MR) is 116 cm³/mol. The van der Waals surface area contributed by atoms with Crippen molar-refractivity contribution in [2.45, 2.75) is 64.0 Å². The molecule has 0 aromatic carbocycles. The summed E-state index contributed by atoms with van der Waals surface area (Å²) in [6, 6.07) is 2.56. The topological polar surface area (TPSA) is 82.0 Å². The van der Waals surface area contributed by atoms with Crippen molar-refractivity contribution in [1.82, 2.24) is 14.9 Å². The first-order chi connectivity index (χ1) is 14.3. The Kier molecular flexibility index (Phi) is 5.27. The monoisotopic (exact) mass is 426 g/mol. The van der Waals surface area contributed by atoms with Gasteiger partial charge in [-0.15, -0.1) is 0 Å². The van der Waals surface area contributed by atoms with E-state index in [9.17, 15) is 10.1 Å². The molecule has 2 bridgehead atoms. The summed E-state index contributed by atoms with van der Waals surface area (Å²) in [5.41, 5.74) is 2.02. The number of allylic oxidation sites excluding steroid dienone is 1. The maximum absolute atomic E-state index is 13.9. The van der Waals surface area contributed by atoms with Crippen molar-refractivity contribution in [2.75, 3.05) is 7.11 Å². The number of nitrogens with one attached hydrogen (secondary N) is 1. The summed E-state index contributed by atoms with van der Waals surface area (Å²) in [5, 5.41) is 10.7. The molecular weight excluding hydrogens is 400 g/mol. The molecule has 1 amide bonds. The van der Waals surface area contributed by atoms with Gasteiger partial charge in [0.25, 0.3) is 0 Å². The van der Waals surface area contributed by atoms with Crippen LogP contribution in [-0.4, -0.2) is 40.0 Å². The average Bonchev–Trinajstić information content (AvgIpc) is 3.18. The third-order valence-electron chi connectivity index (χ3n) is 6.75. The number of carbonyl (C=O) groups excluding carboxylic acids is 1. The molecule has 1 N–H and O–H groups in total. The van der Waals surface area contributed by atoms with Gasteiger partial charge in [-0.05, 0) is 52.0 Å². The summed E-state index contributed by atoms with van der Waals surface area (Å²) in [5.74, 6) is 0.572. The van der Waals surface area contributed by atoms with Gasteiger partial charge in [0.15, 0.2) is 5.75 Å². The van der Waals surface area contributed by atoms with Gasteiger partial charge in [-0.2, -0.15) is 5.26 Å². The number of carbonyl (C=O) groups is 1. The van der Waals surface area contributed by atoms with Gasteiger partial charge >= 0.3 is 0 Å². The summed E-state index contributed by atoms with van der Waals surface area (Å²) in [6.07, 6.45) is 8.73. The standard InChI is InChI=1S/C23H27ClN4O2/c1-5-13-6-15-8-14(10-25)9-16(7-13)28(15)22(29)23(2,3)17-11-26-21-19(17)20(24)18(30-4)12-27-21/h5,11-12,14-16H,6-9H2,1-4H3,(H,26,27). The number of H-pyrrole nitrogens is 1. The van der Waals surface area contributed by atoms with Gasteiger partial charge in [0.05, 0.1) is 35.7 Å². The van der Waals surface area contributed by atoms with E-state index in [0.29, 0.717) is 16.4 Å². The largest absolute Gasteiger partial charge is 0.494 e. The second-order valence-electron chi connectivity index (χ2n) is 8.86. The highest BCUT2D eigenvalue weighted by Crippen LogP contribution is 2.44. The number of aromatic amines is 1. The zero-order chi connectivity index (χ0) is 21.6. The van der Waals surface area contributed by atoms with Crippen LogP contribution in [0.4, 0.5) is 0 Å². The highest BCUT2D eigenvalue weighted by molar-refractivity contribution is 6.37. The maximum Gasteiger partial charge on any atom is 0.233 e. The highest BCUT2D eigenvalue weighted by Gasteiger charge is 2.47. The Labute approximate surface area is 181 Å². The van der Waals surface area contributed by atoms with E-state index in [1.165, 1.54) is 5.57 Å². The Morgan fingerprint density at radius 3 is 2.63 bits per heavy atom. The fraction of sp³-hybridized carbons (Fsp3) is 0.522. The van der Waals surface area contributed by atoms with Crippen LogP contribution < -0.4 is 4.74 Å². The molecule has 2 unspecified atom stereocenters. The molecule has 2 aromatic heterocycles. The van der Waals surface area contributed by atoms with E-state index in [-0.39, 0.29) is 23.9 Å². The molecule has 0 spiro atoms. The number of hydrogen-bond acceptors (Lipinski definition) is 4. The summed E-state index contributed by atoms with van der Waals surface area (Å²) in [7, 11) is 1.55. The predicted octanol–water partition coefficient (Wildman–Crippen LogP) is 4.74. The third-order valence-corrected chi connectivity index (χ3v) is 7.13. The van der Waals surface area contributed by atoms with Crippen LogP contribution in [0, 0.1) is 17.2 Å². The molecule has 4 rings (SSSR count). The van der Waals surface area contributed by atoms with E-state index < -0.39 is 5.41 Å². The van der Waals surface area contributed by atoms with Gasteiger partial charge in [-0.25, -0.2) is 4.98 Å². The second-order valence-corrected chi connectivity index (χ2v) is 9.24. The van der Waals surface area contributed by atoms with Crippen molar-refractivity contribution in [3.8, 4) is 11.8 Å². The molecule has 7 heteroatoms. The number of ether oxygens (including phenoxy) is 1. The number of aromatic nitrogens is 2.